The van der Waals surface area contributed by atoms with Crippen LogP contribution in [0.3, 0.4) is 0 Å². The van der Waals surface area contributed by atoms with Crippen molar-refractivity contribution < 1.29 is 9.53 Å². The molecule has 8 heteroatoms. The Morgan fingerprint density at radius 1 is 1.22 bits per heavy atom. The Morgan fingerprint density at radius 2 is 2.11 bits per heavy atom. The molecule has 1 fully saturated rings. The number of fused-ring (bicyclic) bond motifs is 2. The Balaban J connectivity index is 1.35. The lowest BCUT2D eigenvalue weighted by molar-refractivity contribution is 0.0726. The molecule has 1 amide bonds. The molecule has 4 heterocycles. The fourth-order valence-electron chi connectivity index (χ4n) is 3.89. The van der Waals surface area contributed by atoms with Gasteiger partial charge in [0.15, 0.2) is 5.82 Å². The summed E-state index contributed by atoms with van der Waals surface area (Å²) in [6, 6.07) is 6.02. The average molecular weight is 364 g/mol. The third-order valence-electron chi connectivity index (χ3n) is 5.35. The molecule has 1 aromatic carbocycles. The summed E-state index contributed by atoms with van der Waals surface area (Å²) in [7, 11) is 0. The number of nitrogens with zero attached hydrogens (tertiary/aromatic N) is 6. The number of hydrogen-bond acceptors (Lipinski definition) is 6. The summed E-state index contributed by atoms with van der Waals surface area (Å²) < 4.78 is 7.31. The number of hydrogen-bond donors (Lipinski definition) is 0. The first kappa shape index (κ1) is 16.2. The molecule has 3 aromatic rings. The van der Waals surface area contributed by atoms with E-state index in [0.717, 1.165) is 22.6 Å². The number of rotatable bonds is 2. The van der Waals surface area contributed by atoms with Crippen LogP contribution in [0.25, 0.3) is 5.65 Å². The minimum atomic E-state index is 0.0739. The number of amides is 1. The third kappa shape index (κ3) is 2.73. The molecule has 1 saturated heterocycles. The molecule has 8 nitrogen and oxygen atoms in total. The van der Waals surface area contributed by atoms with Crippen molar-refractivity contribution in [2.45, 2.75) is 26.2 Å². The topological polar surface area (TPSA) is 75.9 Å². The van der Waals surface area contributed by atoms with E-state index in [2.05, 4.69) is 27.0 Å². The van der Waals surface area contributed by atoms with Crippen molar-refractivity contribution in [2.24, 2.45) is 0 Å². The molecule has 1 unspecified atom stereocenters. The largest absolute Gasteiger partial charge is 0.372 e. The van der Waals surface area contributed by atoms with E-state index in [9.17, 15) is 4.79 Å². The summed E-state index contributed by atoms with van der Waals surface area (Å²) in [5.74, 6) is 0.883. The molecule has 5 rings (SSSR count). The second-order valence-electron chi connectivity index (χ2n) is 7.08. The van der Waals surface area contributed by atoms with E-state index in [1.165, 1.54) is 5.56 Å². The standard InChI is InChI=1S/C19H20N6O2/c1-13-9-23(19(26)14-2-3-15-10-27-11-16(15)8-14)6-7-25(13)17-18-22-21-12-24(18)5-4-20-17/h2-5,8,12-13H,6-7,9-11H2,1H3. The highest BCUT2D eigenvalue weighted by atomic mass is 16.5. The Labute approximate surface area is 156 Å². The molecule has 0 spiro atoms. The predicted molar refractivity (Wildman–Crippen MR) is 98.4 cm³/mol. The Bertz CT molecular complexity index is 1020. The van der Waals surface area contributed by atoms with Crippen LogP contribution in [0.1, 0.15) is 28.4 Å². The second-order valence-corrected chi connectivity index (χ2v) is 7.08. The summed E-state index contributed by atoms with van der Waals surface area (Å²) >= 11 is 0. The van der Waals surface area contributed by atoms with Gasteiger partial charge in [0.05, 0.1) is 13.2 Å². The van der Waals surface area contributed by atoms with E-state index in [1.807, 2.05) is 33.7 Å². The van der Waals surface area contributed by atoms with E-state index in [-0.39, 0.29) is 11.9 Å². The molecule has 2 aliphatic heterocycles. The summed E-state index contributed by atoms with van der Waals surface area (Å²) in [6.45, 7) is 5.34. The molecule has 1 atom stereocenters. The van der Waals surface area contributed by atoms with Gasteiger partial charge < -0.3 is 14.5 Å². The lowest BCUT2D eigenvalue weighted by atomic mass is 10.0. The summed E-state index contributed by atoms with van der Waals surface area (Å²) in [4.78, 5) is 21.6. The lowest BCUT2D eigenvalue weighted by Crippen LogP contribution is -2.54. The van der Waals surface area contributed by atoms with Crippen LogP contribution in [0.15, 0.2) is 36.9 Å². The van der Waals surface area contributed by atoms with Crippen molar-refractivity contribution in [3.63, 3.8) is 0 Å². The lowest BCUT2D eigenvalue weighted by Gasteiger charge is -2.40. The van der Waals surface area contributed by atoms with Crippen molar-refractivity contribution in [2.75, 3.05) is 24.5 Å². The minimum Gasteiger partial charge on any atom is -0.372 e. The van der Waals surface area contributed by atoms with Crippen LogP contribution in [0, 0.1) is 0 Å². The second kappa shape index (κ2) is 6.31. The van der Waals surface area contributed by atoms with Gasteiger partial charge >= 0.3 is 0 Å². The number of carbonyl (C=O) groups excluding carboxylic acids is 1. The Hall–Kier alpha value is -3.00. The molecular weight excluding hydrogens is 344 g/mol. The number of carbonyl (C=O) groups is 1. The van der Waals surface area contributed by atoms with E-state index in [1.54, 1.807) is 12.5 Å². The normalized spacial score (nSPS) is 19.5. The highest BCUT2D eigenvalue weighted by Crippen LogP contribution is 2.24. The van der Waals surface area contributed by atoms with Crippen LogP contribution < -0.4 is 4.90 Å². The molecule has 0 N–H and O–H groups in total. The highest BCUT2D eigenvalue weighted by molar-refractivity contribution is 5.94. The van der Waals surface area contributed by atoms with Gasteiger partial charge in [-0.05, 0) is 30.2 Å². The van der Waals surface area contributed by atoms with Gasteiger partial charge in [0.1, 0.15) is 6.33 Å². The van der Waals surface area contributed by atoms with Crippen molar-refractivity contribution in [1.82, 2.24) is 24.5 Å². The molecule has 0 radical (unpaired) electrons. The van der Waals surface area contributed by atoms with Gasteiger partial charge in [0, 0.05) is 43.6 Å². The summed E-state index contributed by atoms with van der Waals surface area (Å²) in [5, 5.41) is 8.14. The van der Waals surface area contributed by atoms with Gasteiger partial charge in [0.25, 0.3) is 5.91 Å². The van der Waals surface area contributed by atoms with Crippen LogP contribution in [0.5, 0.6) is 0 Å². The van der Waals surface area contributed by atoms with E-state index in [0.29, 0.717) is 32.8 Å². The van der Waals surface area contributed by atoms with Crippen LogP contribution in [-0.2, 0) is 18.0 Å². The smallest absolute Gasteiger partial charge is 0.253 e. The Morgan fingerprint density at radius 3 is 3.00 bits per heavy atom. The van der Waals surface area contributed by atoms with Crippen LogP contribution in [0.4, 0.5) is 5.82 Å². The number of piperazine rings is 1. The van der Waals surface area contributed by atoms with E-state index in [4.69, 9.17) is 4.74 Å². The van der Waals surface area contributed by atoms with Gasteiger partial charge in [-0.2, -0.15) is 0 Å². The van der Waals surface area contributed by atoms with Gasteiger partial charge in [-0.1, -0.05) is 6.07 Å². The fourth-order valence-corrected chi connectivity index (χ4v) is 3.89. The molecule has 138 valence electrons. The first-order chi connectivity index (χ1) is 13.2. The van der Waals surface area contributed by atoms with Crippen LogP contribution in [0.2, 0.25) is 0 Å². The molecule has 0 saturated carbocycles. The first-order valence-electron chi connectivity index (χ1n) is 9.10. The van der Waals surface area contributed by atoms with Gasteiger partial charge in [-0.3, -0.25) is 9.20 Å². The first-order valence-corrected chi connectivity index (χ1v) is 9.10. The fraction of sp³-hybridized carbons (Fsp3) is 0.368. The van der Waals surface area contributed by atoms with Crippen LogP contribution in [-0.4, -0.2) is 56.1 Å². The molecule has 2 aromatic heterocycles. The highest BCUT2D eigenvalue weighted by Gasteiger charge is 2.30. The van der Waals surface area contributed by atoms with Gasteiger partial charge in [0.2, 0.25) is 5.65 Å². The quantitative estimate of drug-likeness (QED) is 0.686. The maximum atomic E-state index is 13.0. The molecular formula is C19H20N6O2. The molecule has 2 aliphatic rings. The maximum absolute atomic E-state index is 13.0. The number of ether oxygens (including phenoxy) is 1. The van der Waals surface area contributed by atoms with Gasteiger partial charge in [-0.15, -0.1) is 10.2 Å². The Kier molecular flexibility index (Phi) is 3.78. The third-order valence-corrected chi connectivity index (χ3v) is 5.35. The van der Waals surface area contributed by atoms with Crippen molar-refractivity contribution in [3.8, 4) is 0 Å². The van der Waals surface area contributed by atoms with Crippen molar-refractivity contribution in [3.05, 3.63) is 53.6 Å². The minimum absolute atomic E-state index is 0.0739. The number of benzene rings is 1. The molecule has 27 heavy (non-hydrogen) atoms. The molecule has 0 aliphatic carbocycles. The van der Waals surface area contributed by atoms with E-state index < -0.39 is 0 Å². The van der Waals surface area contributed by atoms with Crippen molar-refractivity contribution in [1.29, 1.82) is 0 Å². The number of aromatic nitrogens is 4. The zero-order valence-electron chi connectivity index (χ0n) is 15.1. The molecule has 0 bridgehead atoms. The zero-order chi connectivity index (χ0) is 18.4. The van der Waals surface area contributed by atoms with Crippen LogP contribution >= 0.6 is 0 Å². The zero-order valence-corrected chi connectivity index (χ0v) is 15.1. The van der Waals surface area contributed by atoms with Gasteiger partial charge in [-0.25, -0.2) is 4.98 Å². The number of anilines is 1. The average Bonchev–Trinajstić information content (AvgIpc) is 3.35. The van der Waals surface area contributed by atoms with E-state index >= 15 is 0 Å². The summed E-state index contributed by atoms with van der Waals surface area (Å²) in [5.41, 5.74) is 3.77. The summed E-state index contributed by atoms with van der Waals surface area (Å²) in [6.07, 6.45) is 5.26. The predicted octanol–water partition coefficient (Wildman–Crippen LogP) is 1.51. The maximum Gasteiger partial charge on any atom is 0.253 e. The SMILES string of the molecule is CC1CN(C(=O)c2ccc3c(c2)COC3)CCN1c1nccn2cnnc12. The monoisotopic (exact) mass is 364 g/mol. The van der Waals surface area contributed by atoms with Crippen molar-refractivity contribution >= 4 is 17.4 Å².